The molecular weight excluding hydrogens is 277 g/mol. The van der Waals surface area contributed by atoms with Gasteiger partial charge in [0.25, 0.3) is 0 Å². The Hall–Kier alpha value is -1.92. The van der Waals surface area contributed by atoms with Crippen LogP contribution in [0.25, 0.3) is 0 Å². The summed E-state index contributed by atoms with van der Waals surface area (Å²) in [5.41, 5.74) is 0. The Kier molecular flexibility index (Phi) is 5.66. The topological polar surface area (TPSA) is 55.8 Å². The molecule has 0 aliphatic carbocycles. The molecule has 1 rings (SSSR count). The smallest absolute Gasteiger partial charge is 0.392 e. The standard InChI is InChI=1S/C13H15F3O4/c1-19-10-2-4-11(5-3-10)20-7-6-9(8-12(17)18)13(14,15)16/h2-5,9H,6-8H2,1H3,(H,17,18). The third-order valence-corrected chi connectivity index (χ3v) is 2.68. The molecule has 0 radical (unpaired) electrons. The lowest BCUT2D eigenvalue weighted by Gasteiger charge is -2.18. The van der Waals surface area contributed by atoms with Gasteiger partial charge in [0.1, 0.15) is 11.5 Å². The van der Waals surface area contributed by atoms with Crippen LogP contribution >= 0.6 is 0 Å². The maximum Gasteiger partial charge on any atom is 0.392 e. The van der Waals surface area contributed by atoms with Crippen molar-refractivity contribution in [2.45, 2.75) is 19.0 Å². The minimum absolute atomic E-state index is 0.205. The second kappa shape index (κ2) is 7.02. The van der Waals surface area contributed by atoms with Gasteiger partial charge in [0.05, 0.1) is 26.1 Å². The Morgan fingerprint density at radius 3 is 2.25 bits per heavy atom. The average Bonchev–Trinajstić information content (AvgIpc) is 2.37. The van der Waals surface area contributed by atoms with Gasteiger partial charge in [-0.1, -0.05) is 0 Å². The van der Waals surface area contributed by atoms with Crippen molar-refractivity contribution in [3.8, 4) is 11.5 Å². The quantitative estimate of drug-likeness (QED) is 0.839. The molecule has 1 atom stereocenters. The number of halogens is 3. The van der Waals surface area contributed by atoms with Crippen LogP contribution in [0.3, 0.4) is 0 Å². The summed E-state index contributed by atoms with van der Waals surface area (Å²) >= 11 is 0. The van der Waals surface area contributed by atoms with Gasteiger partial charge in [0, 0.05) is 0 Å². The van der Waals surface area contributed by atoms with Crippen molar-refractivity contribution in [1.29, 1.82) is 0 Å². The Bertz CT molecular complexity index is 428. The van der Waals surface area contributed by atoms with E-state index in [1.54, 1.807) is 24.3 Å². The van der Waals surface area contributed by atoms with E-state index < -0.39 is 30.9 Å². The molecule has 1 aromatic carbocycles. The summed E-state index contributed by atoms with van der Waals surface area (Å²) in [4.78, 5) is 10.4. The van der Waals surface area contributed by atoms with Crippen LogP contribution in [0, 0.1) is 5.92 Å². The van der Waals surface area contributed by atoms with Gasteiger partial charge in [-0.3, -0.25) is 4.79 Å². The number of carbonyl (C=O) groups is 1. The van der Waals surface area contributed by atoms with Crippen LogP contribution in [0.5, 0.6) is 11.5 Å². The molecule has 0 aromatic heterocycles. The van der Waals surface area contributed by atoms with Crippen molar-refractivity contribution in [2.24, 2.45) is 5.92 Å². The van der Waals surface area contributed by atoms with Crippen LogP contribution in [0.2, 0.25) is 0 Å². The van der Waals surface area contributed by atoms with Crippen LogP contribution in [0.15, 0.2) is 24.3 Å². The van der Waals surface area contributed by atoms with E-state index in [9.17, 15) is 18.0 Å². The number of benzene rings is 1. The van der Waals surface area contributed by atoms with Gasteiger partial charge in [-0.15, -0.1) is 0 Å². The number of rotatable bonds is 7. The van der Waals surface area contributed by atoms with Gasteiger partial charge in [0.15, 0.2) is 0 Å². The van der Waals surface area contributed by atoms with E-state index in [-0.39, 0.29) is 6.61 Å². The minimum atomic E-state index is -4.54. The summed E-state index contributed by atoms with van der Waals surface area (Å²) in [6.07, 6.45) is -5.89. The van der Waals surface area contributed by atoms with Crippen molar-refractivity contribution in [1.82, 2.24) is 0 Å². The van der Waals surface area contributed by atoms with Crippen molar-refractivity contribution in [2.75, 3.05) is 13.7 Å². The highest BCUT2D eigenvalue weighted by molar-refractivity contribution is 5.67. The molecule has 0 bridgehead atoms. The Morgan fingerprint density at radius 1 is 1.25 bits per heavy atom. The van der Waals surface area contributed by atoms with Gasteiger partial charge in [-0.05, 0) is 30.7 Å². The third-order valence-electron chi connectivity index (χ3n) is 2.68. The first kappa shape index (κ1) is 16.1. The first-order chi connectivity index (χ1) is 9.32. The van der Waals surface area contributed by atoms with E-state index in [2.05, 4.69) is 0 Å². The summed E-state index contributed by atoms with van der Waals surface area (Å²) in [6, 6.07) is 6.37. The highest BCUT2D eigenvalue weighted by atomic mass is 19.4. The average molecular weight is 292 g/mol. The zero-order chi connectivity index (χ0) is 15.2. The lowest BCUT2D eigenvalue weighted by molar-refractivity contribution is -0.185. The second-order valence-corrected chi connectivity index (χ2v) is 4.15. The monoisotopic (exact) mass is 292 g/mol. The van der Waals surface area contributed by atoms with Gasteiger partial charge < -0.3 is 14.6 Å². The lowest BCUT2D eigenvalue weighted by Crippen LogP contribution is -2.27. The summed E-state index contributed by atoms with van der Waals surface area (Å²) in [5.74, 6) is -2.37. The van der Waals surface area contributed by atoms with Gasteiger partial charge in [-0.25, -0.2) is 0 Å². The van der Waals surface area contributed by atoms with E-state index in [0.29, 0.717) is 11.5 Å². The SMILES string of the molecule is COc1ccc(OCCC(CC(=O)O)C(F)(F)F)cc1. The molecular formula is C13H15F3O4. The predicted molar refractivity (Wildman–Crippen MR) is 64.9 cm³/mol. The van der Waals surface area contributed by atoms with Crippen molar-refractivity contribution in [3.63, 3.8) is 0 Å². The molecule has 1 aromatic rings. The van der Waals surface area contributed by atoms with Crippen LogP contribution < -0.4 is 9.47 Å². The number of carboxylic acids is 1. The first-order valence-corrected chi connectivity index (χ1v) is 5.88. The Morgan fingerprint density at radius 2 is 1.80 bits per heavy atom. The lowest BCUT2D eigenvalue weighted by atomic mass is 10.0. The molecule has 0 fully saturated rings. The van der Waals surface area contributed by atoms with Gasteiger partial charge in [-0.2, -0.15) is 13.2 Å². The molecule has 1 N–H and O–H groups in total. The first-order valence-electron chi connectivity index (χ1n) is 5.88. The number of hydrogen-bond acceptors (Lipinski definition) is 3. The van der Waals surface area contributed by atoms with Crippen LogP contribution in [0.4, 0.5) is 13.2 Å². The summed E-state index contributed by atoms with van der Waals surface area (Å²) in [5, 5.41) is 8.47. The van der Waals surface area contributed by atoms with Crippen LogP contribution in [-0.2, 0) is 4.79 Å². The fourth-order valence-corrected chi connectivity index (χ4v) is 1.58. The van der Waals surface area contributed by atoms with Crippen molar-refractivity contribution in [3.05, 3.63) is 24.3 Å². The molecule has 0 amide bonds. The summed E-state index contributed by atoms with van der Waals surface area (Å²) in [6.45, 7) is -0.205. The molecule has 0 heterocycles. The molecule has 112 valence electrons. The largest absolute Gasteiger partial charge is 0.497 e. The minimum Gasteiger partial charge on any atom is -0.497 e. The van der Waals surface area contributed by atoms with E-state index in [1.165, 1.54) is 7.11 Å². The van der Waals surface area contributed by atoms with Gasteiger partial charge in [0.2, 0.25) is 0 Å². The van der Waals surface area contributed by atoms with Crippen molar-refractivity contribution < 1.29 is 32.5 Å². The maximum absolute atomic E-state index is 12.6. The fraction of sp³-hybridized carbons (Fsp3) is 0.462. The Balaban J connectivity index is 2.49. The Labute approximate surface area is 114 Å². The molecule has 0 aliphatic rings. The molecule has 7 heteroatoms. The van der Waals surface area contributed by atoms with E-state index in [1.807, 2.05) is 0 Å². The fourth-order valence-electron chi connectivity index (χ4n) is 1.58. The summed E-state index contributed by atoms with van der Waals surface area (Å²) < 4.78 is 47.8. The molecule has 20 heavy (non-hydrogen) atoms. The predicted octanol–water partition coefficient (Wildman–Crippen LogP) is 3.12. The van der Waals surface area contributed by atoms with Gasteiger partial charge >= 0.3 is 12.1 Å². The van der Waals surface area contributed by atoms with E-state index >= 15 is 0 Å². The number of ether oxygens (including phenoxy) is 2. The normalized spacial score (nSPS) is 12.8. The highest BCUT2D eigenvalue weighted by Crippen LogP contribution is 2.31. The van der Waals surface area contributed by atoms with E-state index in [4.69, 9.17) is 14.6 Å². The summed E-state index contributed by atoms with van der Waals surface area (Å²) in [7, 11) is 1.50. The third kappa shape index (κ3) is 5.38. The van der Waals surface area contributed by atoms with Crippen LogP contribution in [-0.4, -0.2) is 31.0 Å². The molecule has 0 spiro atoms. The molecule has 0 aliphatic heterocycles. The molecule has 0 saturated carbocycles. The van der Waals surface area contributed by atoms with E-state index in [0.717, 1.165) is 0 Å². The number of aliphatic carboxylic acids is 1. The molecule has 0 saturated heterocycles. The second-order valence-electron chi connectivity index (χ2n) is 4.15. The number of methoxy groups -OCH3 is 1. The highest BCUT2D eigenvalue weighted by Gasteiger charge is 2.40. The zero-order valence-electron chi connectivity index (χ0n) is 10.8. The number of alkyl halides is 3. The zero-order valence-corrected chi connectivity index (χ0v) is 10.8. The number of carboxylic acid groups (broad SMARTS) is 1. The molecule has 4 nitrogen and oxygen atoms in total. The molecule has 1 unspecified atom stereocenters. The van der Waals surface area contributed by atoms with Crippen LogP contribution in [0.1, 0.15) is 12.8 Å². The van der Waals surface area contributed by atoms with Crippen molar-refractivity contribution >= 4 is 5.97 Å². The number of hydrogen-bond donors (Lipinski definition) is 1. The maximum atomic E-state index is 12.6.